The van der Waals surface area contributed by atoms with Crippen LogP contribution < -0.4 is 5.32 Å². The number of hydrogen-bond donors (Lipinski definition) is 1. The summed E-state index contributed by atoms with van der Waals surface area (Å²) in [5, 5.41) is 3.36. The maximum Gasteiger partial charge on any atom is 0.338 e. The minimum atomic E-state index is -0.389. The van der Waals surface area contributed by atoms with Crippen molar-refractivity contribution in [1.29, 1.82) is 0 Å². The Hall–Kier alpha value is -2.18. The van der Waals surface area contributed by atoms with Gasteiger partial charge < -0.3 is 10.1 Å². The van der Waals surface area contributed by atoms with E-state index in [1.807, 2.05) is 6.92 Å². The summed E-state index contributed by atoms with van der Waals surface area (Å²) in [6.07, 6.45) is 0. The number of hydrogen-bond acceptors (Lipinski definition) is 4. The molecule has 0 atom stereocenters. The number of halogens is 2. The van der Waals surface area contributed by atoms with Gasteiger partial charge in [-0.05, 0) is 65.7 Å². The van der Waals surface area contributed by atoms with E-state index in [2.05, 4.69) is 26.2 Å². The van der Waals surface area contributed by atoms with Gasteiger partial charge in [-0.3, -0.25) is 4.79 Å². The highest BCUT2D eigenvalue weighted by atomic mass is 79.9. The number of fused-ring (bicyclic) bond motifs is 1. The van der Waals surface area contributed by atoms with Crippen LogP contribution in [0.2, 0.25) is 5.02 Å². The molecule has 0 aromatic heterocycles. The smallest absolute Gasteiger partial charge is 0.338 e. The largest absolute Gasteiger partial charge is 0.462 e. The second-order valence-corrected chi connectivity index (χ2v) is 6.63. The van der Waals surface area contributed by atoms with Gasteiger partial charge in [-0.15, -0.1) is 0 Å². The number of aliphatic imine (C=N–C) groups is 1. The van der Waals surface area contributed by atoms with Crippen LogP contribution >= 0.6 is 27.5 Å². The Morgan fingerprint density at radius 3 is 2.64 bits per heavy atom. The Morgan fingerprint density at radius 1 is 1.32 bits per heavy atom. The molecule has 7 heteroatoms. The van der Waals surface area contributed by atoms with Gasteiger partial charge in [0.15, 0.2) is 0 Å². The lowest BCUT2D eigenvalue weighted by atomic mass is 10.1. The minimum Gasteiger partial charge on any atom is -0.462 e. The third-order valence-corrected chi connectivity index (χ3v) is 5.12. The highest BCUT2D eigenvalue weighted by Crippen LogP contribution is 2.38. The minimum absolute atomic E-state index is 0.290. The Labute approximate surface area is 158 Å². The fourth-order valence-electron chi connectivity index (χ4n) is 2.52. The van der Waals surface area contributed by atoms with Gasteiger partial charge in [0.05, 0.1) is 28.6 Å². The van der Waals surface area contributed by atoms with Crippen LogP contribution in [0.3, 0.4) is 0 Å². The molecule has 1 amide bonds. The maximum absolute atomic E-state index is 12.3. The van der Waals surface area contributed by atoms with Crippen LogP contribution in [0.5, 0.6) is 0 Å². The summed E-state index contributed by atoms with van der Waals surface area (Å²) in [5.41, 5.74) is 3.44. The molecule has 0 saturated carbocycles. The highest BCUT2D eigenvalue weighted by Gasteiger charge is 2.29. The van der Waals surface area contributed by atoms with Crippen molar-refractivity contribution in [2.45, 2.75) is 13.8 Å². The van der Waals surface area contributed by atoms with E-state index in [0.717, 1.165) is 5.56 Å². The number of anilines is 1. The van der Waals surface area contributed by atoms with E-state index < -0.39 is 0 Å². The quantitative estimate of drug-likeness (QED) is 0.733. The van der Waals surface area contributed by atoms with Crippen molar-refractivity contribution in [2.24, 2.45) is 4.99 Å². The molecular formula is C18H14BrClN2O3. The third-order valence-electron chi connectivity index (χ3n) is 3.78. The number of nitrogens with one attached hydrogen (secondary N) is 1. The van der Waals surface area contributed by atoms with Crippen molar-refractivity contribution >= 4 is 56.5 Å². The molecule has 0 radical (unpaired) electrons. The average Bonchev–Trinajstić information content (AvgIpc) is 2.90. The first kappa shape index (κ1) is 17.6. The maximum atomic E-state index is 12.3. The van der Waals surface area contributed by atoms with Crippen molar-refractivity contribution < 1.29 is 14.3 Å². The lowest BCUT2D eigenvalue weighted by Crippen LogP contribution is -2.14. The SMILES string of the molecule is CCOC(=O)c1ccc(N=C2C(=O)Nc3c2cc(Br)c(Cl)c3C)cc1. The monoisotopic (exact) mass is 420 g/mol. The number of rotatable bonds is 3. The zero-order valence-corrected chi connectivity index (χ0v) is 15.9. The zero-order valence-electron chi connectivity index (χ0n) is 13.5. The van der Waals surface area contributed by atoms with Crippen LogP contribution in [0.25, 0.3) is 0 Å². The van der Waals surface area contributed by atoms with Gasteiger partial charge in [0.2, 0.25) is 0 Å². The first-order chi connectivity index (χ1) is 11.9. The summed E-state index contributed by atoms with van der Waals surface area (Å²) in [6, 6.07) is 8.35. The van der Waals surface area contributed by atoms with Crippen LogP contribution in [-0.4, -0.2) is 24.2 Å². The van der Waals surface area contributed by atoms with Crippen molar-refractivity contribution in [2.75, 3.05) is 11.9 Å². The summed E-state index contributed by atoms with van der Waals surface area (Å²) in [4.78, 5) is 28.4. The Kier molecular flexibility index (Phi) is 4.92. The number of benzene rings is 2. The number of nitrogens with zero attached hydrogens (tertiary/aromatic N) is 1. The topological polar surface area (TPSA) is 67.8 Å². The molecule has 0 saturated heterocycles. The first-order valence-electron chi connectivity index (χ1n) is 7.58. The Balaban J connectivity index is 1.98. The number of carbonyl (C=O) groups excluding carboxylic acids is 2. The molecule has 2 aromatic carbocycles. The molecule has 0 bridgehead atoms. The predicted octanol–water partition coefficient (Wildman–Crippen LogP) is 4.66. The predicted molar refractivity (Wildman–Crippen MR) is 101 cm³/mol. The highest BCUT2D eigenvalue weighted by molar-refractivity contribution is 9.10. The Bertz CT molecular complexity index is 908. The average molecular weight is 422 g/mol. The summed E-state index contributed by atoms with van der Waals surface area (Å²) >= 11 is 9.60. The molecule has 3 rings (SSSR count). The molecule has 1 aliphatic heterocycles. The van der Waals surface area contributed by atoms with Crippen molar-refractivity contribution in [3.63, 3.8) is 0 Å². The van der Waals surface area contributed by atoms with Crippen molar-refractivity contribution in [3.05, 3.63) is 56.5 Å². The van der Waals surface area contributed by atoms with E-state index >= 15 is 0 Å². The normalized spacial score (nSPS) is 14.4. The van der Waals surface area contributed by atoms with Gasteiger partial charge >= 0.3 is 5.97 Å². The van der Waals surface area contributed by atoms with Gasteiger partial charge in [0.25, 0.3) is 5.91 Å². The fraction of sp³-hybridized carbons (Fsp3) is 0.167. The molecule has 1 aliphatic rings. The second-order valence-electron chi connectivity index (χ2n) is 5.40. The molecule has 0 unspecified atom stereocenters. The van der Waals surface area contributed by atoms with E-state index in [0.29, 0.717) is 44.3 Å². The summed E-state index contributed by atoms with van der Waals surface area (Å²) < 4.78 is 5.65. The molecule has 1 N–H and O–H groups in total. The van der Waals surface area contributed by atoms with Gasteiger partial charge in [-0.1, -0.05) is 11.6 Å². The number of esters is 1. The second kappa shape index (κ2) is 6.98. The van der Waals surface area contributed by atoms with E-state index in [9.17, 15) is 9.59 Å². The van der Waals surface area contributed by atoms with Gasteiger partial charge in [0.1, 0.15) is 5.71 Å². The molecule has 25 heavy (non-hydrogen) atoms. The van der Waals surface area contributed by atoms with Crippen LogP contribution in [0.4, 0.5) is 11.4 Å². The molecule has 0 aliphatic carbocycles. The molecule has 0 spiro atoms. The lowest BCUT2D eigenvalue weighted by Gasteiger charge is -2.07. The summed E-state index contributed by atoms with van der Waals surface area (Å²) in [6.45, 7) is 3.90. The summed E-state index contributed by atoms with van der Waals surface area (Å²) in [5.74, 6) is -0.679. The van der Waals surface area contributed by atoms with E-state index in [-0.39, 0.29) is 11.9 Å². The first-order valence-corrected chi connectivity index (χ1v) is 8.75. The van der Waals surface area contributed by atoms with Crippen LogP contribution in [-0.2, 0) is 9.53 Å². The molecular weight excluding hydrogens is 408 g/mol. The zero-order chi connectivity index (χ0) is 18.1. The standard InChI is InChI=1S/C18H14BrClN2O3/c1-3-25-18(24)10-4-6-11(7-5-10)21-16-12-8-13(19)14(20)9(2)15(12)22-17(16)23/h4-8H,3H2,1-2H3,(H,21,22,23). The molecule has 128 valence electrons. The van der Waals surface area contributed by atoms with Gasteiger partial charge in [-0.25, -0.2) is 9.79 Å². The number of ether oxygens (including phenoxy) is 1. The Morgan fingerprint density at radius 2 is 2.00 bits per heavy atom. The van der Waals surface area contributed by atoms with Crippen LogP contribution in [0.1, 0.15) is 28.4 Å². The third kappa shape index (κ3) is 3.32. The fourth-order valence-corrected chi connectivity index (χ4v) is 3.20. The van der Waals surface area contributed by atoms with Crippen molar-refractivity contribution in [3.8, 4) is 0 Å². The van der Waals surface area contributed by atoms with E-state index in [1.54, 1.807) is 37.3 Å². The summed E-state index contributed by atoms with van der Waals surface area (Å²) in [7, 11) is 0. The van der Waals surface area contributed by atoms with Crippen molar-refractivity contribution in [1.82, 2.24) is 0 Å². The van der Waals surface area contributed by atoms with E-state index in [4.69, 9.17) is 16.3 Å². The van der Waals surface area contributed by atoms with Gasteiger partial charge in [-0.2, -0.15) is 0 Å². The molecule has 5 nitrogen and oxygen atoms in total. The number of amides is 1. The van der Waals surface area contributed by atoms with Crippen LogP contribution in [0, 0.1) is 6.92 Å². The van der Waals surface area contributed by atoms with Gasteiger partial charge in [0, 0.05) is 10.0 Å². The molecule has 2 aromatic rings. The van der Waals surface area contributed by atoms with E-state index in [1.165, 1.54) is 0 Å². The molecule has 1 heterocycles. The lowest BCUT2D eigenvalue weighted by molar-refractivity contribution is -0.110. The number of carbonyl (C=O) groups is 2. The van der Waals surface area contributed by atoms with Crippen LogP contribution in [0.15, 0.2) is 39.8 Å². The molecule has 0 fully saturated rings.